The first-order chi connectivity index (χ1) is 13.1. The van der Waals surface area contributed by atoms with Gasteiger partial charge in [-0.05, 0) is 43.7 Å². The summed E-state index contributed by atoms with van der Waals surface area (Å²) in [6.07, 6.45) is 0. The molecule has 136 valence electrons. The van der Waals surface area contributed by atoms with Crippen molar-refractivity contribution in [3.8, 4) is 5.69 Å². The summed E-state index contributed by atoms with van der Waals surface area (Å²) in [5.74, 6) is 1.14. The maximum atomic E-state index is 12.3. The highest BCUT2D eigenvalue weighted by molar-refractivity contribution is 7.99. The van der Waals surface area contributed by atoms with E-state index in [0.717, 1.165) is 21.9 Å². The minimum atomic E-state index is -0.156. The zero-order valence-corrected chi connectivity index (χ0v) is 15.8. The van der Waals surface area contributed by atoms with Crippen molar-refractivity contribution in [3.05, 3.63) is 65.9 Å². The first-order valence-electron chi connectivity index (χ1n) is 8.50. The van der Waals surface area contributed by atoms with Gasteiger partial charge in [0, 0.05) is 11.8 Å². The lowest BCUT2D eigenvalue weighted by Gasteiger charge is -2.09. The van der Waals surface area contributed by atoms with Crippen LogP contribution in [-0.2, 0) is 4.79 Å². The van der Waals surface area contributed by atoms with E-state index in [4.69, 9.17) is 9.51 Å². The van der Waals surface area contributed by atoms with E-state index >= 15 is 0 Å². The predicted octanol–water partition coefficient (Wildman–Crippen LogP) is 4.36. The van der Waals surface area contributed by atoms with Crippen LogP contribution in [0.25, 0.3) is 16.7 Å². The minimum absolute atomic E-state index is 0.156. The largest absolute Gasteiger partial charge is 0.360 e. The van der Waals surface area contributed by atoms with Crippen LogP contribution < -0.4 is 5.32 Å². The fourth-order valence-electron chi connectivity index (χ4n) is 2.85. The standard InChI is InChI=1S/C20H18N4O2S/c1-13-6-5-7-15(10-13)24-17-9-4-3-8-16(17)21-20(24)27-12-19(25)22-18-11-14(2)26-23-18/h3-11H,12H2,1-2H3,(H,22,23,25). The third kappa shape index (κ3) is 3.73. The summed E-state index contributed by atoms with van der Waals surface area (Å²) in [5.41, 5.74) is 4.10. The zero-order chi connectivity index (χ0) is 18.8. The number of hydrogen-bond acceptors (Lipinski definition) is 5. The molecule has 0 aliphatic rings. The Morgan fingerprint density at radius 1 is 1.15 bits per heavy atom. The van der Waals surface area contributed by atoms with Crippen LogP contribution in [0.1, 0.15) is 11.3 Å². The molecule has 0 atom stereocenters. The number of rotatable bonds is 5. The van der Waals surface area contributed by atoms with Gasteiger partial charge in [0.25, 0.3) is 0 Å². The number of hydrogen-bond donors (Lipinski definition) is 1. The summed E-state index contributed by atoms with van der Waals surface area (Å²) in [5, 5.41) is 7.29. The first kappa shape index (κ1) is 17.4. The lowest BCUT2D eigenvalue weighted by molar-refractivity contribution is -0.113. The second-order valence-electron chi connectivity index (χ2n) is 6.22. The molecular formula is C20H18N4O2S. The van der Waals surface area contributed by atoms with Crippen LogP contribution in [0, 0.1) is 13.8 Å². The maximum absolute atomic E-state index is 12.3. The number of carbonyl (C=O) groups is 1. The van der Waals surface area contributed by atoms with Crippen molar-refractivity contribution < 1.29 is 9.32 Å². The number of nitrogens with one attached hydrogen (secondary N) is 1. The number of fused-ring (bicyclic) bond motifs is 1. The molecular weight excluding hydrogens is 360 g/mol. The monoisotopic (exact) mass is 378 g/mol. The SMILES string of the molecule is Cc1cccc(-n2c(SCC(=O)Nc3cc(C)on3)nc3ccccc32)c1. The maximum Gasteiger partial charge on any atom is 0.236 e. The quantitative estimate of drug-likeness (QED) is 0.522. The highest BCUT2D eigenvalue weighted by Crippen LogP contribution is 2.28. The molecule has 2 aromatic carbocycles. The Kier molecular flexibility index (Phi) is 4.68. The molecule has 2 aromatic heterocycles. The van der Waals surface area contributed by atoms with Crippen LogP contribution >= 0.6 is 11.8 Å². The third-order valence-corrected chi connectivity index (χ3v) is 4.96. The van der Waals surface area contributed by atoms with Crippen LogP contribution in [0.5, 0.6) is 0 Å². The number of anilines is 1. The predicted molar refractivity (Wildman–Crippen MR) is 106 cm³/mol. The Balaban J connectivity index is 1.61. The van der Waals surface area contributed by atoms with Gasteiger partial charge in [-0.3, -0.25) is 9.36 Å². The van der Waals surface area contributed by atoms with Gasteiger partial charge in [-0.2, -0.15) is 0 Å². The van der Waals surface area contributed by atoms with Gasteiger partial charge in [0.1, 0.15) is 5.76 Å². The number of imidazole rings is 1. The van der Waals surface area contributed by atoms with Crippen LogP contribution in [0.4, 0.5) is 5.82 Å². The van der Waals surface area contributed by atoms with Gasteiger partial charge >= 0.3 is 0 Å². The van der Waals surface area contributed by atoms with Gasteiger partial charge in [-0.25, -0.2) is 4.98 Å². The molecule has 0 aliphatic carbocycles. The highest BCUT2D eigenvalue weighted by atomic mass is 32.2. The van der Waals surface area contributed by atoms with E-state index in [1.807, 2.05) is 36.4 Å². The van der Waals surface area contributed by atoms with E-state index in [9.17, 15) is 4.79 Å². The zero-order valence-electron chi connectivity index (χ0n) is 15.0. The van der Waals surface area contributed by atoms with E-state index in [1.165, 1.54) is 17.3 Å². The topological polar surface area (TPSA) is 73.0 Å². The molecule has 0 unspecified atom stereocenters. The molecule has 0 saturated carbocycles. The minimum Gasteiger partial charge on any atom is -0.360 e. The van der Waals surface area contributed by atoms with Crippen molar-refractivity contribution >= 4 is 34.5 Å². The molecule has 6 nitrogen and oxygen atoms in total. The summed E-state index contributed by atoms with van der Waals surface area (Å²) in [4.78, 5) is 17.0. The number of aryl methyl sites for hydroxylation is 2. The Bertz CT molecular complexity index is 1120. The van der Waals surface area contributed by atoms with Gasteiger partial charge in [0.15, 0.2) is 11.0 Å². The highest BCUT2D eigenvalue weighted by Gasteiger charge is 2.15. The molecule has 0 aliphatic heterocycles. The Hall–Kier alpha value is -3.06. The third-order valence-electron chi connectivity index (χ3n) is 4.02. The average molecular weight is 378 g/mol. The van der Waals surface area contributed by atoms with Crippen LogP contribution in [0.3, 0.4) is 0 Å². The fourth-order valence-corrected chi connectivity index (χ4v) is 3.68. The van der Waals surface area contributed by atoms with Crippen LogP contribution in [0.2, 0.25) is 0 Å². The second-order valence-corrected chi connectivity index (χ2v) is 7.16. The summed E-state index contributed by atoms with van der Waals surface area (Å²) in [6, 6.07) is 17.9. The van der Waals surface area contributed by atoms with Crippen LogP contribution in [-0.4, -0.2) is 26.4 Å². The normalized spacial score (nSPS) is 11.0. The molecule has 4 aromatic rings. The van der Waals surface area contributed by atoms with Gasteiger partial charge in [0.2, 0.25) is 5.91 Å². The van der Waals surface area contributed by atoms with E-state index in [1.54, 1.807) is 13.0 Å². The molecule has 0 fully saturated rings. The lowest BCUT2D eigenvalue weighted by atomic mass is 10.2. The smallest absolute Gasteiger partial charge is 0.236 e. The molecule has 0 radical (unpaired) electrons. The fraction of sp³-hybridized carbons (Fsp3) is 0.150. The molecule has 0 bridgehead atoms. The van der Waals surface area contributed by atoms with E-state index in [0.29, 0.717) is 11.6 Å². The number of amides is 1. The van der Waals surface area contributed by atoms with Gasteiger partial charge < -0.3 is 9.84 Å². The van der Waals surface area contributed by atoms with Crippen molar-refractivity contribution in [1.29, 1.82) is 0 Å². The number of thioether (sulfide) groups is 1. The number of benzene rings is 2. The van der Waals surface area contributed by atoms with E-state index in [2.05, 4.69) is 34.1 Å². The summed E-state index contributed by atoms with van der Waals surface area (Å²) in [6.45, 7) is 3.84. The summed E-state index contributed by atoms with van der Waals surface area (Å²) >= 11 is 1.39. The van der Waals surface area contributed by atoms with Crippen molar-refractivity contribution in [3.63, 3.8) is 0 Å². The molecule has 1 amide bonds. The van der Waals surface area contributed by atoms with Crippen molar-refractivity contribution in [2.45, 2.75) is 19.0 Å². The number of aromatic nitrogens is 3. The van der Waals surface area contributed by atoms with Gasteiger partial charge in [-0.15, -0.1) is 0 Å². The summed E-state index contributed by atoms with van der Waals surface area (Å²) < 4.78 is 7.05. The van der Waals surface area contributed by atoms with E-state index < -0.39 is 0 Å². The molecule has 1 N–H and O–H groups in total. The van der Waals surface area contributed by atoms with Crippen molar-refractivity contribution in [2.24, 2.45) is 0 Å². The molecule has 7 heteroatoms. The van der Waals surface area contributed by atoms with Crippen molar-refractivity contribution in [2.75, 3.05) is 11.1 Å². The molecule has 0 saturated heterocycles. The average Bonchev–Trinajstić information content (AvgIpc) is 3.23. The molecule has 0 spiro atoms. The molecule has 27 heavy (non-hydrogen) atoms. The Morgan fingerprint density at radius 3 is 2.78 bits per heavy atom. The van der Waals surface area contributed by atoms with Crippen molar-refractivity contribution in [1.82, 2.24) is 14.7 Å². The lowest BCUT2D eigenvalue weighted by Crippen LogP contribution is -2.14. The molecule has 2 heterocycles. The number of nitrogens with zero attached hydrogens (tertiary/aromatic N) is 3. The van der Waals surface area contributed by atoms with Gasteiger partial charge in [0.05, 0.1) is 16.8 Å². The number of para-hydroxylation sites is 2. The Labute approximate surface area is 160 Å². The first-order valence-corrected chi connectivity index (χ1v) is 9.49. The van der Waals surface area contributed by atoms with Gasteiger partial charge in [-0.1, -0.05) is 41.2 Å². The Morgan fingerprint density at radius 2 is 2.00 bits per heavy atom. The van der Waals surface area contributed by atoms with Crippen LogP contribution in [0.15, 0.2) is 64.3 Å². The second kappa shape index (κ2) is 7.28. The molecule has 4 rings (SSSR count). The number of carbonyl (C=O) groups excluding carboxylic acids is 1. The van der Waals surface area contributed by atoms with E-state index in [-0.39, 0.29) is 11.7 Å². The summed E-state index contributed by atoms with van der Waals surface area (Å²) in [7, 11) is 0.